The molecule has 1 aromatic carbocycles. The fourth-order valence-electron chi connectivity index (χ4n) is 1.97. The molecule has 0 saturated heterocycles. The maximum absolute atomic E-state index is 11.3. The first-order valence-corrected chi connectivity index (χ1v) is 6.52. The van der Waals surface area contributed by atoms with Crippen LogP contribution in [-0.2, 0) is 6.42 Å². The molecular weight excluding hydrogens is 288 g/mol. The first-order valence-electron chi connectivity index (χ1n) is 6.52. The van der Waals surface area contributed by atoms with Crippen molar-refractivity contribution in [3.8, 4) is 11.5 Å². The summed E-state index contributed by atoms with van der Waals surface area (Å²) in [6, 6.07) is 2.90. The maximum atomic E-state index is 11.3. The Morgan fingerprint density at radius 1 is 1.09 bits per heavy atom. The van der Waals surface area contributed by atoms with Crippen molar-refractivity contribution in [2.24, 2.45) is 0 Å². The van der Waals surface area contributed by atoms with Crippen molar-refractivity contribution in [1.29, 1.82) is 0 Å². The van der Waals surface area contributed by atoms with Crippen LogP contribution < -0.4 is 9.47 Å². The quantitative estimate of drug-likeness (QED) is 0.615. The Morgan fingerprint density at radius 2 is 1.73 bits per heavy atom. The smallest absolute Gasteiger partial charge is 0.277 e. The summed E-state index contributed by atoms with van der Waals surface area (Å²) in [5.74, 6) is 1.13. The van der Waals surface area contributed by atoms with E-state index < -0.39 is 4.92 Å². The molecule has 116 valence electrons. The highest BCUT2D eigenvalue weighted by Crippen LogP contribution is 2.35. The minimum Gasteiger partial charge on any atom is -0.493 e. The SMILES string of the molecule is COc1cc(Cc2nnc(C)c(C)n2)c([N+](=O)[O-])cc1OC. The lowest BCUT2D eigenvalue weighted by Crippen LogP contribution is -2.06. The van der Waals surface area contributed by atoms with Crippen LogP contribution in [0.15, 0.2) is 12.1 Å². The van der Waals surface area contributed by atoms with E-state index in [1.54, 1.807) is 13.0 Å². The molecule has 0 radical (unpaired) electrons. The van der Waals surface area contributed by atoms with Gasteiger partial charge in [0.1, 0.15) is 0 Å². The number of ether oxygens (including phenoxy) is 2. The molecule has 8 nitrogen and oxygen atoms in total. The predicted molar refractivity (Wildman–Crippen MR) is 78.3 cm³/mol. The summed E-state index contributed by atoms with van der Waals surface area (Å²) in [5, 5.41) is 19.2. The lowest BCUT2D eigenvalue weighted by molar-refractivity contribution is -0.385. The first kappa shape index (κ1) is 15.6. The molecule has 0 N–H and O–H groups in total. The van der Waals surface area contributed by atoms with Crippen molar-refractivity contribution in [3.63, 3.8) is 0 Å². The van der Waals surface area contributed by atoms with Crippen LogP contribution in [0.3, 0.4) is 0 Å². The van der Waals surface area contributed by atoms with Gasteiger partial charge in [0.05, 0.1) is 36.6 Å². The number of nitrogens with zero attached hydrogens (tertiary/aromatic N) is 4. The van der Waals surface area contributed by atoms with E-state index in [1.807, 2.05) is 6.92 Å². The fourth-order valence-corrected chi connectivity index (χ4v) is 1.97. The summed E-state index contributed by atoms with van der Waals surface area (Å²) in [5.41, 5.74) is 1.84. The Balaban J connectivity index is 2.48. The van der Waals surface area contributed by atoms with Crippen LogP contribution in [0.25, 0.3) is 0 Å². The predicted octanol–water partition coefficient (Wildman–Crippen LogP) is 2.00. The molecule has 0 spiro atoms. The zero-order valence-electron chi connectivity index (χ0n) is 12.8. The summed E-state index contributed by atoms with van der Waals surface area (Å²) in [6.07, 6.45) is 0.185. The number of nitro benzene ring substituents is 1. The third-order valence-corrected chi connectivity index (χ3v) is 3.27. The third kappa shape index (κ3) is 3.11. The number of aromatic nitrogens is 3. The fraction of sp³-hybridized carbons (Fsp3) is 0.357. The molecule has 2 rings (SSSR count). The number of benzene rings is 1. The number of hydrogen-bond acceptors (Lipinski definition) is 7. The lowest BCUT2D eigenvalue weighted by atomic mass is 10.1. The van der Waals surface area contributed by atoms with Crippen LogP contribution in [-0.4, -0.2) is 34.3 Å². The van der Waals surface area contributed by atoms with Crippen LogP contribution in [0.4, 0.5) is 5.69 Å². The van der Waals surface area contributed by atoms with Crippen molar-refractivity contribution in [1.82, 2.24) is 15.2 Å². The van der Waals surface area contributed by atoms with Gasteiger partial charge in [-0.2, -0.15) is 5.10 Å². The summed E-state index contributed by atoms with van der Waals surface area (Å²) in [7, 11) is 2.90. The van der Waals surface area contributed by atoms with Crippen molar-refractivity contribution in [3.05, 3.63) is 45.0 Å². The topological polar surface area (TPSA) is 100 Å². The van der Waals surface area contributed by atoms with E-state index in [-0.39, 0.29) is 12.1 Å². The second-order valence-corrected chi connectivity index (χ2v) is 4.67. The molecule has 8 heteroatoms. The zero-order valence-corrected chi connectivity index (χ0v) is 12.8. The summed E-state index contributed by atoms with van der Waals surface area (Å²) >= 11 is 0. The van der Waals surface area contributed by atoms with Gasteiger partial charge in [0.15, 0.2) is 17.3 Å². The number of rotatable bonds is 5. The van der Waals surface area contributed by atoms with Gasteiger partial charge in [0.2, 0.25) is 0 Å². The minimum atomic E-state index is -0.466. The highest BCUT2D eigenvalue weighted by molar-refractivity contribution is 5.55. The van der Waals surface area contributed by atoms with Gasteiger partial charge in [-0.3, -0.25) is 10.1 Å². The van der Waals surface area contributed by atoms with Crippen molar-refractivity contribution in [2.75, 3.05) is 14.2 Å². The largest absolute Gasteiger partial charge is 0.493 e. The van der Waals surface area contributed by atoms with Crippen LogP contribution >= 0.6 is 0 Å². The molecule has 0 unspecified atom stereocenters. The number of methoxy groups -OCH3 is 2. The van der Waals surface area contributed by atoms with Gasteiger partial charge in [-0.1, -0.05) is 0 Å². The van der Waals surface area contributed by atoms with Crippen LogP contribution in [0.1, 0.15) is 22.8 Å². The van der Waals surface area contributed by atoms with E-state index in [0.717, 1.165) is 11.4 Å². The van der Waals surface area contributed by atoms with E-state index in [4.69, 9.17) is 9.47 Å². The van der Waals surface area contributed by atoms with Crippen LogP contribution in [0.5, 0.6) is 11.5 Å². The number of nitro groups is 1. The molecule has 1 heterocycles. The Hall–Kier alpha value is -2.77. The van der Waals surface area contributed by atoms with Crippen LogP contribution in [0, 0.1) is 24.0 Å². The van der Waals surface area contributed by atoms with E-state index >= 15 is 0 Å². The molecular formula is C14H16N4O4. The molecule has 0 aliphatic rings. The molecule has 0 aliphatic heterocycles. The molecule has 0 aliphatic carbocycles. The van der Waals surface area contributed by atoms with Crippen molar-refractivity contribution in [2.45, 2.75) is 20.3 Å². The molecule has 0 amide bonds. The zero-order chi connectivity index (χ0) is 16.3. The van der Waals surface area contributed by atoms with Crippen LogP contribution in [0.2, 0.25) is 0 Å². The number of aryl methyl sites for hydroxylation is 2. The summed E-state index contributed by atoms with van der Waals surface area (Å²) in [4.78, 5) is 15.1. The first-order chi connectivity index (χ1) is 10.5. The minimum absolute atomic E-state index is 0.0699. The second-order valence-electron chi connectivity index (χ2n) is 4.67. The normalized spacial score (nSPS) is 10.4. The number of hydrogen-bond donors (Lipinski definition) is 0. The van der Waals surface area contributed by atoms with Gasteiger partial charge in [-0.05, 0) is 19.9 Å². The Bertz CT molecular complexity index is 718. The van der Waals surface area contributed by atoms with E-state index in [0.29, 0.717) is 22.9 Å². The highest BCUT2D eigenvalue weighted by atomic mass is 16.6. The average molecular weight is 304 g/mol. The summed E-state index contributed by atoms with van der Waals surface area (Å²) < 4.78 is 10.3. The lowest BCUT2D eigenvalue weighted by Gasteiger charge is -2.10. The molecule has 0 bridgehead atoms. The average Bonchev–Trinajstić information content (AvgIpc) is 2.50. The maximum Gasteiger partial charge on any atom is 0.277 e. The monoisotopic (exact) mass is 304 g/mol. The van der Waals surface area contributed by atoms with E-state index in [9.17, 15) is 10.1 Å². The van der Waals surface area contributed by atoms with Gasteiger partial charge in [0, 0.05) is 12.0 Å². The molecule has 2 aromatic rings. The molecule has 0 fully saturated rings. The van der Waals surface area contributed by atoms with Crippen molar-refractivity contribution < 1.29 is 14.4 Å². The molecule has 0 saturated carbocycles. The van der Waals surface area contributed by atoms with Gasteiger partial charge >= 0.3 is 0 Å². The third-order valence-electron chi connectivity index (χ3n) is 3.27. The van der Waals surface area contributed by atoms with E-state index in [1.165, 1.54) is 20.3 Å². The second kappa shape index (κ2) is 6.33. The van der Waals surface area contributed by atoms with Crippen molar-refractivity contribution >= 4 is 5.69 Å². The molecule has 0 atom stereocenters. The highest BCUT2D eigenvalue weighted by Gasteiger charge is 2.20. The Morgan fingerprint density at radius 3 is 2.27 bits per heavy atom. The summed E-state index contributed by atoms with van der Waals surface area (Å²) in [6.45, 7) is 3.62. The standard InChI is InChI=1S/C14H16N4O4/c1-8-9(2)16-17-14(15-8)6-10-5-12(21-3)13(22-4)7-11(10)18(19)20/h5,7H,6H2,1-4H3. The van der Waals surface area contributed by atoms with Gasteiger partial charge in [-0.25, -0.2) is 4.98 Å². The molecule has 22 heavy (non-hydrogen) atoms. The van der Waals surface area contributed by atoms with Gasteiger partial charge in [-0.15, -0.1) is 5.10 Å². The van der Waals surface area contributed by atoms with Gasteiger partial charge < -0.3 is 9.47 Å². The molecule has 1 aromatic heterocycles. The Labute approximate surface area is 127 Å². The van der Waals surface area contributed by atoms with E-state index in [2.05, 4.69) is 15.2 Å². The Kier molecular flexibility index (Phi) is 4.50. The van der Waals surface area contributed by atoms with Gasteiger partial charge in [0.25, 0.3) is 5.69 Å².